The maximum Gasteiger partial charge on any atom is 0.302 e. The van der Waals surface area contributed by atoms with Crippen LogP contribution in [0.15, 0.2) is 30.3 Å². The minimum atomic E-state index is -0.162. The van der Waals surface area contributed by atoms with Gasteiger partial charge in [-0.25, -0.2) is 0 Å². The molecule has 0 amide bonds. The molecule has 0 aliphatic heterocycles. The van der Waals surface area contributed by atoms with Crippen LogP contribution in [0.5, 0.6) is 0 Å². The van der Waals surface area contributed by atoms with Crippen molar-refractivity contribution in [2.24, 2.45) is 11.8 Å². The number of benzene rings is 1. The Morgan fingerprint density at radius 2 is 1.82 bits per heavy atom. The van der Waals surface area contributed by atoms with Crippen LogP contribution in [0.4, 0.5) is 0 Å². The highest BCUT2D eigenvalue weighted by Crippen LogP contribution is 2.40. The minimum absolute atomic E-state index is 0.162. The Labute approximate surface area is 134 Å². The molecule has 1 unspecified atom stereocenters. The fraction of sp³-hybridized carbons (Fsp3) is 0.632. The van der Waals surface area contributed by atoms with Crippen molar-refractivity contribution in [1.82, 2.24) is 4.90 Å². The van der Waals surface area contributed by atoms with Gasteiger partial charge in [-0.15, -0.1) is 0 Å². The normalized spacial score (nSPS) is 23.3. The maximum absolute atomic E-state index is 10.8. The second kappa shape index (κ2) is 8.33. The molecule has 1 saturated carbocycles. The molecule has 1 aromatic carbocycles. The zero-order valence-corrected chi connectivity index (χ0v) is 14.1. The summed E-state index contributed by atoms with van der Waals surface area (Å²) in [6, 6.07) is 11.4. The Bertz CT molecular complexity index is 450. The summed E-state index contributed by atoms with van der Waals surface area (Å²) in [7, 11) is 4.37. The molecule has 3 heteroatoms. The Kier molecular flexibility index (Phi) is 6.44. The second-order valence-electron chi connectivity index (χ2n) is 6.73. The lowest BCUT2D eigenvalue weighted by Crippen LogP contribution is -2.30. The summed E-state index contributed by atoms with van der Waals surface area (Å²) in [5.41, 5.74) is 1.43. The van der Waals surface area contributed by atoms with Crippen molar-refractivity contribution in [3.05, 3.63) is 35.9 Å². The van der Waals surface area contributed by atoms with Gasteiger partial charge < -0.3 is 9.64 Å². The van der Waals surface area contributed by atoms with Crippen molar-refractivity contribution in [2.45, 2.75) is 45.1 Å². The van der Waals surface area contributed by atoms with Gasteiger partial charge in [-0.2, -0.15) is 0 Å². The maximum atomic E-state index is 10.8. The third kappa shape index (κ3) is 4.84. The molecule has 1 aliphatic carbocycles. The molecular weight excluding hydrogens is 274 g/mol. The lowest BCUT2D eigenvalue weighted by molar-refractivity contribution is -0.141. The van der Waals surface area contributed by atoms with Gasteiger partial charge >= 0.3 is 5.97 Å². The SMILES string of the molecule is CC(=O)OCCC1CCC(C(c2ccccc2)N(C)C)CC1. The highest BCUT2D eigenvalue weighted by atomic mass is 16.5. The van der Waals surface area contributed by atoms with Gasteiger partial charge in [0.1, 0.15) is 0 Å². The Morgan fingerprint density at radius 1 is 1.18 bits per heavy atom. The average molecular weight is 303 g/mol. The Hall–Kier alpha value is -1.35. The third-order valence-electron chi connectivity index (χ3n) is 4.87. The van der Waals surface area contributed by atoms with Crippen LogP contribution in [0, 0.1) is 11.8 Å². The molecule has 2 rings (SSSR count). The average Bonchev–Trinajstić information content (AvgIpc) is 2.49. The van der Waals surface area contributed by atoms with Crippen LogP contribution in [0.3, 0.4) is 0 Å². The zero-order valence-electron chi connectivity index (χ0n) is 14.1. The molecule has 1 aromatic rings. The molecule has 122 valence electrons. The number of hydrogen-bond acceptors (Lipinski definition) is 3. The molecule has 1 atom stereocenters. The van der Waals surface area contributed by atoms with Crippen LogP contribution in [-0.2, 0) is 9.53 Å². The Morgan fingerprint density at radius 3 is 2.36 bits per heavy atom. The van der Waals surface area contributed by atoms with E-state index in [-0.39, 0.29) is 5.97 Å². The predicted molar refractivity (Wildman–Crippen MR) is 89.6 cm³/mol. The predicted octanol–water partition coefficient (Wildman–Crippen LogP) is 4.05. The van der Waals surface area contributed by atoms with Gasteiger partial charge in [0.25, 0.3) is 0 Å². The summed E-state index contributed by atoms with van der Waals surface area (Å²) < 4.78 is 5.08. The molecule has 0 heterocycles. The summed E-state index contributed by atoms with van der Waals surface area (Å²) in [6.45, 7) is 2.07. The van der Waals surface area contributed by atoms with Crippen LogP contribution in [-0.4, -0.2) is 31.6 Å². The van der Waals surface area contributed by atoms with E-state index in [4.69, 9.17) is 4.74 Å². The van der Waals surface area contributed by atoms with Crippen molar-refractivity contribution >= 4 is 5.97 Å². The van der Waals surface area contributed by atoms with E-state index < -0.39 is 0 Å². The van der Waals surface area contributed by atoms with E-state index >= 15 is 0 Å². The summed E-state index contributed by atoms with van der Waals surface area (Å²) in [5, 5.41) is 0. The van der Waals surface area contributed by atoms with Crippen molar-refractivity contribution in [3.8, 4) is 0 Å². The van der Waals surface area contributed by atoms with E-state index in [2.05, 4.69) is 49.3 Å². The van der Waals surface area contributed by atoms with E-state index in [1.54, 1.807) is 0 Å². The molecule has 1 aliphatic rings. The molecule has 0 spiro atoms. The smallest absolute Gasteiger partial charge is 0.302 e. The largest absolute Gasteiger partial charge is 0.466 e. The van der Waals surface area contributed by atoms with Crippen molar-refractivity contribution in [1.29, 1.82) is 0 Å². The zero-order chi connectivity index (χ0) is 15.9. The molecule has 0 aromatic heterocycles. The van der Waals surface area contributed by atoms with Crippen molar-refractivity contribution in [3.63, 3.8) is 0 Å². The van der Waals surface area contributed by atoms with Crippen LogP contribution in [0.1, 0.15) is 50.6 Å². The highest BCUT2D eigenvalue weighted by Gasteiger charge is 2.29. The number of ether oxygens (including phenoxy) is 1. The van der Waals surface area contributed by atoms with Crippen molar-refractivity contribution < 1.29 is 9.53 Å². The topological polar surface area (TPSA) is 29.5 Å². The summed E-state index contributed by atoms with van der Waals surface area (Å²) in [6.07, 6.45) is 6.06. The monoisotopic (exact) mass is 303 g/mol. The summed E-state index contributed by atoms with van der Waals surface area (Å²) in [5.74, 6) is 1.28. The molecule has 0 N–H and O–H groups in total. The van der Waals surface area contributed by atoms with Gasteiger partial charge in [0, 0.05) is 13.0 Å². The summed E-state index contributed by atoms with van der Waals surface area (Å²) >= 11 is 0. The van der Waals surface area contributed by atoms with E-state index in [9.17, 15) is 4.79 Å². The van der Waals surface area contributed by atoms with E-state index in [1.807, 2.05) is 0 Å². The number of carbonyl (C=O) groups is 1. The van der Waals surface area contributed by atoms with Crippen molar-refractivity contribution in [2.75, 3.05) is 20.7 Å². The molecule has 0 bridgehead atoms. The molecule has 0 saturated heterocycles. The third-order valence-corrected chi connectivity index (χ3v) is 4.87. The van der Waals surface area contributed by atoms with E-state index in [1.165, 1.54) is 38.2 Å². The van der Waals surface area contributed by atoms with E-state index in [0.717, 1.165) is 12.3 Å². The minimum Gasteiger partial charge on any atom is -0.466 e. The molecule has 0 radical (unpaired) electrons. The number of rotatable bonds is 6. The molecule has 3 nitrogen and oxygen atoms in total. The Balaban J connectivity index is 1.87. The number of carbonyl (C=O) groups excluding carboxylic acids is 1. The number of esters is 1. The molecular formula is C19H29NO2. The van der Waals surface area contributed by atoms with Gasteiger partial charge in [0.15, 0.2) is 0 Å². The quantitative estimate of drug-likeness (QED) is 0.743. The van der Waals surface area contributed by atoms with Crippen LogP contribution >= 0.6 is 0 Å². The van der Waals surface area contributed by atoms with Crippen LogP contribution in [0.2, 0.25) is 0 Å². The second-order valence-corrected chi connectivity index (χ2v) is 6.73. The number of nitrogens with zero attached hydrogens (tertiary/aromatic N) is 1. The van der Waals surface area contributed by atoms with Gasteiger partial charge in [-0.05, 0) is 63.6 Å². The van der Waals surface area contributed by atoms with Gasteiger partial charge in [0.05, 0.1) is 6.61 Å². The lowest BCUT2D eigenvalue weighted by Gasteiger charge is -2.37. The first-order valence-corrected chi connectivity index (χ1v) is 8.42. The lowest BCUT2D eigenvalue weighted by atomic mass is 9.75. The fourth-order valence-electron chi connectivity index (χ4n) is 3.80. The first kappa shape index (κ1) is 17.0. The van der Waals surface area contributed by atoms with Gasteiger partial charge in [-0.3, -0.25) is 4.79 Å². The van der Waals surface area contributed by atoms with E-state index in [0.29, 0.717) is 18.6 Å². The number of hydrogen-bond donors (Lipinski definition) is 0. The first-order valence-electron chi connectivity index (χ1n) is 8.42. The standard InChI is InChI=1S/C19H29NO2/c1-15(21)22-14-13-16-9-11-18(12-10-16)19(20(2)3)17-7-5-4-6-8-17/h4-8,16,18-19H,9-14H2,1-3H3. The first-order chi connectivity index (χ1) is 10.6. The summed E-state index contributed by atoms with van der Waals surface area (Å²) in [4.78, 5) is 13.2. The molecule has 1 fully saturated rings. The molecule has 22 heavy (non-hydrogen) atoms. The highest BCUT2D eigenvalue weighted by molar-refractivity contribution is 5.65. The van der Waals surface area contributed by atoms with Gasteiger partial charge in [-0.1, -0.05) is 30.3 Å². The fourth-order valence-corrected chi connectivity index (χ4v) is 3.80. The van der Waals surface area contributed by atoms with Crippen LogP contribution in [0.25, 0.3) is 0 Å². The van der Waals surface area contributed by atoms with Crippen LogP contribution < -0.4 is 0 Å². The van der Waals surface area contributed by atoms with Gasteiger partial charge in [0.2, 0.25) is 0 Å².